The molecule has 0 spiro atoms. The first kappa shape index (κ1) is 18.2. The molecule has 0 radical (unpaired) electrons. The van der Waals surface area contributed by atoms with E-state index >= 15 is 0 Å². The lowest BCUT2D eigenvalue weighted by Gasteiger charge is -2.08. The van der Waals surface area contributed by atoms with E-state index in [1.807, 2.05) is 24.6 Å². The van der Waals surface area contributed by atoms with Crippen LogP contribution in [0.15, 0.2) is 36.7 Å². The molecule has 26 heavy (non-hydrogen) atoms. The Labute approximate surface area is 157 Å². The van der Waals surface area contributed by atoms with Gasteiger partial charge in [0.05, 0.1) is 34.8 Å². The van der Waals surface area contributed by atoms with Crippen LogP contribution in [-0.2, 0) is 17.9 Å². The first-order valence-corrected chi connectivity index (χ1v) is 8.87. The molecule has 2 aromatic heterocycles. The van der Waals surface area contributed by atoms with Gasteiger partial charge in [-0.2, -0.15) is 10.2 Å². The minimum absolute atomic E-state index is 0.0714. The predicted octanol–water partition coefficient (Wildman–Crippen LogP) is 3.74. The molecule has 0 saturated carbocycles. The summed E-state index contributed by atoms with van der Waals surface area (Å²) in [5.41, 5.74) is 4.94. The van der Waals surface area contributed by atoms with Crippen molar-refractivity contribution in [3.8, 4) is 0 Å². The van der Waals surface area contributed by atoms with Crippen LogP contribution in [0.25, 0.3) is 0 Å². The van der Waals surface area contributed by atoms with Gasteiger partial charge in [0.2, 0.25) is 5.91 Å². The number of benzene rings is 1. The second-order valence-electron chi connectivity index (χ2n) is 6.41. The lowest BCUT2D eigenvalue weighted by molar-refractivity contribution is -0.116. The van der Waals surface area contributed by atoms with E-state index in [1.165, 1.54) is 11.1 Å². The molecule has 0 saturated heterocycles. The van der Waals surface area contributed by atoms with Crippen LogP contribution in [0.4, 0.5) is 5.69 Å². The zero-order valence-electron chi connectivity index (χ0n) is 15.2. The second-order valence-corrected chi connectivity index (χ2v) is 6.85. The van der Waals surface area contributed by atoms with Crippen LogP contribution in [0.3, 0.4) is 0 Å². The van der Waals surface area contributed by atoms with Crippen molar-refractivity contribution >= 4 is 23.2 Å². The number of nitrogens with one attached hydrogen (secondary N) is 1. The van der Waals surface area contributed by atoms with E-state index in [0.29, 0.717) is 24.5 Å². The molecule has 3 rings (SSSR count). The van der Waals surface area contributed by atoms with Gasteiger partial charge in [0.15, 0.2) is 0 Å². The average Bonchev–Trinajstić information content (AvgIpc) is 3.12. The number of nitrogens with zero attached hydrogens (tertiary/aromatic N) is 4. The summed E-state index contributed by atoms with van der Waals surface area (Å²) in [6.07, 6.45) is 3.58. The average molecular weight is 372 g/mol. The monoisotopic (exact) mass is 371 g/mol. The standard InChI is InChI=1S/C19H22ClN5O/c1-13-5-4-6-16(9-13)11-25-15(3)19(14(2)23-25)22-18(26)7-8-24-12-17(20)10-21-24/h4-6,9-10,12H,7-8,11H2,1-3H3,(H,22,26). The van der Waals surface area contributed by atoms with Gasteiger partial charge in [0.1, 0.15) is 0 Å². The molecule has 6 nitrogen and oxygen atoms in total. The van der Waals surface area contributed by atoms with E-state index in [1.54, 1.807) is 17.1 Å². The highest BCUT2D eigenvalue weighted by molar-refractivity contribution is 6.30. The number of aromatic nitrogens is 4. The fourth-order valence-corrected chi connectivity index (χ4v) is 3.05. The summed E-state index contributed by atoms with van der Waals surface area (Å²) >= 11 is 5.83. The molecule has 0 aliphatic rings. The molecular weight excluding hydrogens is 350 g/mol. The molecule has 2 heterocycles. The Kier molecular flexibility index (Phi) is 5.42. The maximum atomic E-state index is 12.3. The molecule has 7 heteroatoms. The van der Waals surface area contributed by atoms with Gasteiger partial charge in [0, 0.05) is 19.2 Å². The fraction of sp³-hybridized carbons (Fsp3) is 0.316. The Morgan fingerprint density at radius 2 is 2.08 bits per heavy atom. The number of rotatable bonds is 6. The zero-order chi connectivity index (χ0) is 18.7. The summed E-state index contributed by atoms with van der Waals surface area (Å²) in [6.45, 7) is 7.11. The largest absolute Gasteiger partial charge is 0.323 e. The summed E-state index contributed by atoms with van der Waals surface area (Å²) in [4.78, 5) is 12.3. The highest BCUT2D eigenvalue weighted by atomic mass is 35.5. The number of halogens is 1. The number of aryl methyl sites for hydroxylation is 3. The van der Waals surface area contributed by atoms with E-state index < -0.39 is 0 Å². The second kappa shape index (κ2) is 7.74. The molecule has 0 aliphatic carbocycles. The molecule has 0 atom stereocenters. The van der Waals surface area contributed by atoms with Crippen molar-refractivity contribution < 1.29 is 4.79 Å². The van der Waals surface area contributed by atoms with E-state index in [2.05, 4.69) is 40.6 Å². The highest BCUT2D eigenvalue weighted by Gasteiger charge is 2.14. The summed E-state index contributed by atoms with van der Waals surface area (Å²) in [5, 5.41) is 12.2. The minimum atomic E-state index is -0.0714. The van der Waals surface area contributed by atoms with Crippen LogP contribution in [0.1, 0.15) is 28.9 Å². The van der Waals surface area contributed by atoms with Crippen LogP contribution in [0, 0.1) is 20.8 Å². The SMILES string of the molecule is Cc1cccc(Cn2nc(C)c(NC(=O)CCn3cc(Cl)cn3)c2C)c1. The first-order chi connectivity index (χ1) is 12.4. The minimum Gasteiger partial charge on any atom is -0.323 e. The normalized spacial score (nSPS) is 10.9. The number of amides is 1. The molecule has 0 bridgehead atoms. The van der Waals surface area contributed by atoms with Crippen molar-refractivity contribution in [2.75, 3.05) is 5.32 Å². The summed E-state index contributed by atoms with van der Waals surface area (Å²) in [6, 6.07) is 8.34. The van der Waals surface area contributed by atoms with Gasteiger partial charge in [-0.1, -0.05) is 41.4 Å². The maximum Gasteiger partial charge on any atom is 0.226 e. The molecule has 136 valence electrons. The third kappa shape index (κ3) is 4.32. The van der Waals surface area contributed by atoms with Crippen molar-refractivity contribution in [3.05, 3.63) is 64.2 Å². The molecular formula is C19H22ClN5O. The third-order valence-electron chi connectivity index (χ3n) is 4.23. The number of hydrogen-bond acceptors (Lipinski definition) is 3. The van der Waals surface area contributed by atoms with E-state index in [0.717, 1.165) is 17.1 Å². The van der Waals surface area contributed by atoms with E-state index in [4.69, 9.17) is 11.6 Å². The predicted molar refractivity (Wildman–Crippen MR) is 102 cm³/mol. The maximum absolute atomic E-state index is 12.3. The summed E-state index contributed by atoms with van der Waals surface area (Å²) in [5.74, 6) is -0.0714. The molecule has 1 amide bonds. The van der Waals surface area contributed by atoms with Gasteiger partial charge < -0.3 is 5.32 Å². The molecule has 1 N–H and O–H groups in total. The zero-order valence-corrected chi connectivity index (χ0v) is 15.9. The van der Waals surface area contributed by atoms with Crippen molar-refractivity contribution in [3.63, 3.8) is 0 Å². The lowest BCUT2D eigenvalue weighted by atomic mass is 10.1. The summed E-state index contributed by atoms with van der Waals surface area (Å²) < 4.78 is 3.58. The van der Waals surface area contributed by atoms with Crippen molar-refractivity contribution in [2.24, 2.45) is 0 Å². The first-order valence-electron chi connectivity index (χ1n) is 8.49. The van der Waals surface area contributed by atoms with Crippen LogP contribution < -0.4 is 5.32 Å². The van der Waals surface area contributed by atoms with Gasteiger partial charge in [0.25, 0.3) is 0 Å². The Hall–Kier alpha value is -2.60. The molecule has 0 unspecified atom stereocenters. The Morgan fingerprint density at radius 1 is 1.27 bits per heavy atom. The number of hydrogen-bond donors (Lipinski definition) is 1. The molecule has 0 aliphatic heterocycles. The van der Waals surface area contributed by atoms with E-state index in [9.17, 15) is 4.79 Å². The van der Waals surface area contributed by atoms with Gasteiger partial charge >= 0.3 is 0 Å². The van der Waals surface area contributed by atoms with Crippen LogP contribution >= 0.6 is 11.6 Å². The number of carbonyl (C=O) groups is 1. The smallest absolute Gasteiger partial charge is 0.226 e. The number of anilines is 1. The van der Waals surface area contributed by atoms with Gasteiger partial charge in [-0.25, -0.2) is 0 Å². The van der Waals surface area contributed by atoms with Gasteiger partial charge in [-0.3, -0.25) is 14.2 Å². The van der Waals surface area contributed by atoms with Crippen LogP contribution in [-0.4, -0.2) is 25.5 Å². The quantitative estimate of drug-likeness (QED) is 0.717. The van der Waals surface area contributed by atoms with Gasteiger partial charge in [-0.15, -0.1) is 0 Å². The van der Waals surface area contributed by atoms with Crippen molar-refractivity contribution in [1.82, 2.24) is 19.6 Å². The van der Waals surface area contributed by atoms with Crippen molar-refractivity contribution in [2.45, 2.75) is 40.3 Å². The Morgan fingerprint density at radius 3 is 2.77 bits per heavy atom. The topological polar surface area (TPSA) is 64.7 Å². The molecule has 0 fully saturated rings. The molecule has 3 aromatic rings. The van der Waals surface area contributed by atoms with Crippen LogP contribution in [0.2, 0.25) is 5.02 Å². The Bertz CT molecular complexity index is 928. The fourth-order valence-electron chi connectivity index (χ4n) is 2.89. The Balaban J connectivity index is 1.66. The third-order valence-corrected chi connectivity index (χ3v) is 4.43. The highest BCUT2D eigenvalue weighted by Crippen LogP contribution is 2.21. The van der Waals surface area contributed by atoms with E-state index in [-0.39, 0.29) is 5.91 Å². The number of carbonyl (C=O) groups excluding carboxylic acids is 1. The van der Waals surface area contributed by atoms with Crippen molar-refractivity contribution in [1.29, 1.82) is 0 Å². The summed E-state index contributed by atoms with van der Waals surface area (Å²) in [7, 11) is 0. The molecule has 1 aromatic carbocycles. The van der Waals surface area contributed by atoms with Crippen LogP contribution in [0.5, 0.6) is 0 Å². The van der Waals surface area contributed by atoms with Gasteiger partial charge in [-0.05, 0) is 26.3 Å². The lowest BCUT2D eigenvalue weighted by Crippen LogP contribution is -2.15.